The van der Waals surface area contributed by atoms with Gasteiger partial charge in [-0.3, -0.25) is 4.79 Å². The average molecular weight is 458 g/mol. The number of carbonyl (C=O) groups is 1. The zero-order valence-electron chi connectivity index (χ0n) is 17.4. The summed E-state index contributed by atoms with van der Waals surface area (Å²) in [6.07, 6.45) is 12.0. The number of halogens is 1. The molecule has 11 heteroatoms. The van der Waals surface area contributed by atoms with Crippen LogP contribution in [0.3, 0.4) is 0 Å². The molecule has 3 aliphatic rings. The molecule has 1 unspecified atom stereocenters. The Kier molecular flexibility index (Phi) is 5.87. The molecule has 1 aromatic heterocycles. The van der Waals surface area contributed by atoms with E-state index in [1.807, 2.05) is 34.0 Å². The number of amides is 1. The van der Waals surface area contributed by atoms with Gasteiger partial charge in [-0.15, -0.1) is 10.3 Å². The van der Waals surface area contributed by atoms with Crippen LogP contribution in [-0.4, -0.2) is 55.8 Å². The van der Waals surface area contributed by atoms with Crippen molar-refractivity contribution in [1.29, 1.82) is 0 Å². The quantitative estimate of drug-likeness (QED) is 0.667. The van der Waals surface area contributed by atoms with Gasteiger partial charge < -0.3 is 19.4 Å². The number of hydrogen-bond acceptors (Lipinski definition) is 8. The van der Waals surface area contributed by atoms with Crippen LogP contribution in [0.15, 0.2) is 48.2 Å². The molecule has 1 saturated heterocycles. The molecule has 1 N–H and O–H groups in total. The van der Waals surface area contributed by atoms with Crippen molar-refractivity contribution in [2.75, 3.05) is 13.3 Å². The van der Waals surface area contributed by atoms with Gasteiger partial charge in [-0.25, -0.2) is 4.98 Å². The number of ether oxygens (including phenoxy) is 2. The van der Waals surface area contributed by atoms with Crippen LogP contribution in [0.2, 0.25) is 0 Å². The summed E-state index contributed by atoms with van der Waals surface area (Å²) in [5, 5.41) is 11.2. The lowest BCUT2D eigenvalue weighted by Gasteiger charge is -2.43. The van der Waals surface area contributed by atoms with Gasteiger partial charge >= 0.3 is 0 Å². The van der Waals surface area contributed by atoms with E-state index < -0.39 is 0 Å². The van der Waals surface area contributed by atoms with E-state index in [1.165, 1.54) is 4.53 Å². The van der Waals surface area contributed by atoms with Crippen molar-refractivity contribution in [2.45, 2.75) is 38.3 Å². The highest BCUT2D eigenvalue weighted by Gasteiger charge is 2.32. The van der Waals surface area contributed by atoms with Gasteiger partial charge in [0.1, 0.15) is 0 Å². The summed E-state index contributed by atoms with van der Waals surface area (Å²) in [5.74, 6) is 1.43. The highest BCUT2D eigenvalue weighted by atomic mass is 35.5. The largest absolute Gasteiger partial charge is 0.454 e. The second-order valence-corrected chi connectivity index (χ2v) is 8.15. The second kappa shape index (κ2) is 9.09. The zero-order chi connectivity index (χ0) is 21.9. The molecule has 10 nitrogen and oxygen atoms in total. The molecule has 0 aliphatic carbocycles. The van der Waals surface area contributed by atoms with E-state index in [-0.39, 0.29) is 18.7 Å². The van der Waals surface area contributed by atoms with E-state index >= 15 is 0 Å². The molecule has 0 radical (unpaired) electrons. The van der Waals surface area contributed by atoms with Crippen LogP contribution in [0.1, 0.15) is 31.2 Å². The summed E-state index contributed by atoms with van der Waals surface area (Å²) in [4.78, 5) is 16.8. The maximum atomic E-state index is 12.7. The van der Waals surface area contributed by atoms with E-state index in [0.717, 1.165) is 42.8 Å². The Hall–Kier alpha value is -3.24. The zero-order valence-corrected chi connectivity index (χ0v) is 18.2. The van der Waals surface area contributed by atoms with Crippen LogP contribution in [0.25, 0.3) is 5.70 Å². The maximum absolute atomic E-state index is 12.7. The van der Waals surface area contributed by atoms with Crippen LogP contribution in [-0.2, 0) is 11.3 Å². The topological polar surface area (TPSA) is 87.5 Å². The Labute approximate surface area is 190 Å². The van der Waals surface area contributed by atoms with Crippen molar-refractivity contribution in [3.05, 3.63) is 48.7 Å². The van der Waals surface area contributed by atoms with Gasteiger partial charge in [0.25, 0.3) is 0 Å². The Morgan fingerprint density at radius 2 is 2.16 bits per heavy atom. The molecular weight excluding hydrogens is 434 g/mol. The monoisotopic (exact) mass is 457 g/mol. The molecule has 0 bridgehead atoms. The molecule has 1 fully saturated rings. The molecule has 3 aliphatic heterocycles. The lowest BCUT2D eigenvalue weighted by atomic mass is 10.0. The van der Waals surface area contributed by atoms with Gasteiger partial charge in [0, 0.05) is 49.7 Å². The number of imidazole rings is 1. The Morgan fingerprint density at radius 3 is 3.00 bits per heavy atom. The van der Waals surface area contributed by atoms with Crippen molar-refractivity contribution in [3.63, 3.8) is 0 Å². The van der Waals surface area contributed by atoms with E-state index in [0.29, 0.717) is 18.7 Å². The number of hydrogen-bond donors (Lipinski definition) is 1. The maximum Gasteiger partial charge on any atom is 0.231 e. The lowest BCUT2D eigenvalue weighted by molar-refractivity contribution is -0.161. The van der Waals surface area contributed by atoms with E-state index in [4.69, 9.17) is 21.3 Å². The summed E-state index contributed by atoms with van der Waals surface area (Å²) in [5.41, 5.74) is 1.76. The highest BCUT2D eigenvalue weighted by Crippen LogP contribution is 2.32. The predicted molar refractivity (Wildman–Crippen MR) is 118 cm³/mol. The Balaban J connectivity index is 1.19. The van der Waals surface area contributed by atoms with Crippen LogP contribution in [0.5, 0.6) is 11.5 Å². The minimum absolute atomic E-state index is 0.00194. The van der Waals surface area contributed by atoms with Gasteiger partial charge in [0.05, 0.1) is 24.4 Å². The van der Waals surface area contributed by atoms with Crippen molar-refractivity contribution < 1.29 is 14.3 Å². The van der Waals surface area contributed by atoms with Gasteiger partial charge in [0.15, 0.2) is 11.5 Å². The summed E-state index contributed by atoms with van der Waals surface area (Å²) in [6, 6.07) is 5.69. The Morgan fingerprint density at radius 1 is 1.25 bits per heavy atom. The fourth-order valence-electron chi connectivity index (χ4n) is 4.04. The summed E-state index contributed by atoms with van der Waals surface area (Å²) < 4.78 is 14.0. The fourth-order valence-corrected chi connectivity index (χ4v) is 4.27. The van der Waals surface area contributed by atoms with Crippen LogP contribution < -0.4 is 14.8 Å². The Bertz CT molecular complexity index is 1030. The third kappa shape index (κ3) is 4.37. The first-order valence-electron chi connectivity index (χ1n) is 10.6. The van der Waals surface area contributed by atoms with Gasteiger partial charge in [-0.2, -0.15) is 9.54 Å². The molecular formula is C21H24ClN7O3. The van der Waals surface area contributed by atoms with Crippen molar-refractivity contribution in [1.82, 2.24) is 29.6 Å². The minimum atomic E-state index is -0.0173. The first kappa shape index (κ1) is 20.7. The molecule has 0 saturated carbocycles. The van der Waals surface area contributed by atoms with Crippen LogP contribution in [0.4, 0.5) is 0 Å². The number of fused-ring (bicyclic) bond motifs is 1. The van der Waals surface area contributed by atoms with E-state index in [9.17, 15) is 4.79 Å². The third-order valence-corrected chi connectivity index (χ3v) is 5.91. The van der Waals surface area contributed by atoms with E-state index in [2.05, 4.69) is 15.4 Å². The number of benzene rings is 1. The number of allylic oxidation sites excluding steroid dienone is 1. The minimum Gasteiger partial charge on any atom is -0.454 e. The number of aromatic nitrogens is 2. The number of piperidine rings is 1. The molecule has 32 heavy (non-hydrogen) atoms. The number of carbonyl (C=O) groups excluding carboxylic acids is 1. The van der Waals surface area contributed by atoms with Crippen molar-refractivity contribution in [2.24, 2.45) is 5.10 Å². The molecule has 0 spiro atoms. The molecule has 5 rings (SSSR count). The molecule has 2 aromatic rings. The highest BCUT2D eigenvalue weighted by molar-refractivity contribution is 6.15. The normalized spacial score (nSPS) is 20.4. The fraction of sp³-hybridized carbons (Fsp3) is 0.381. The SMILES string of the molecule is O=C(CC1CCCCN1N1N=CC(n2ccnc2)=CN1Cl)NCc1ccc2c(c1)OCO2. The number of nitrogens with zero attached hydrogens (tertiary/aromatic N) is 6. The van der Waals surface area contributed by atoms with Crippen molar-refractivity contribution in [3.8, 4) is 11.5 Å². The molecule has 1 amide bonds. The molecule has 4 heterocycles. The number of rotatable bonds is 6. The first-order valence-corrected chi connectivity index (χ1v) is 10.9. The van der Waals surface area contributed by atoms with Crippen LogP contribution >= 0.6 is 11.8 Å². The standard InChI is InChI=1S/C21H24ClN7O3/c22-28-13-18(26-8-6-23-14-26)12-25-29(28)27-7-2-1-3-17(27)10-21(30)24-11-16-4-5-19-20(9-16)32-15-31-19/h4-6,8-9,12-14,17H,1-3,7,10-11,15H2,(H,24,30). The summed E-state index contributed by atoms with van der Waals surface area (Å²) in [7, 11) is 0. The second-order valence-electron chi connectivity index (χ2n) is 7.81. The number of hydrazine groups is 2. The van der Waals surface area contributed by atoms with E-state index in [1.54, 1.807) is 30.2 Å². The predicted octanol–water partition coefficient (Wildman–Crippen LogP) is 2.56. The number of nitrogens with one attached hydrogen (secondary N) is 1. The molecule has 168 valence electrons. The van der Waals surface area contributed by atoms with Crippen molar-refractivity contribution >= 4 is 29.6 Å². The van der Waals surface area contributed by atoms with Gasteiger partial charge in [0.2, 0.25) is 12.7 Å². The summed E-state index contributed by atoms with van der Waals surface area (Å²) in [6.45, 7) is 1.44. The van der Waals surface area contributed by atoms with Gasteiger partial charge in [-0.05, 0) is 30.5 Å². The molecule has 1 atom stereocenters. The van der Waals surface area contributed by atoms with Crippen LogP contribution in [0, 0.1) is 0 Å². The third-order valence-electron chi connectivity index (χ3n) is 5.68. The first-order chi connectivity index (χ1) is 15.7. The number of hydrazone groups is 1. The molecule has 1 aromatic carbocycles. The van der Waals surface area contributed by atoms with Gasteiger partial charge in [-0.1, -0.05) is 12.5 Å². The smallest absolute Gasteiger partial charge is 0.231 e. The lowest BCUT2D eigenvalue weighted by Crippen LogP contribution is -2.54. The summed E-state index contributed by atoms with van der Waals surface area (Å²) >= 11 is 6.49. The average Bonchev–Trinajstić information content (AvgIpc) is 3.50.